The molecule has 0 saturated carbocycles. The van der Waals surface area contributed by atoms with Gasteiger partial charge in [-0.2, -0.15) is 0 Å². The highest BCUT2D eigenvalue weighted by Gasteiger charge is 2.21. The summed E-state index contributed by atoms with van der Waals surface area (Å²) in [6, 6.07) is 7.24. The summed E-state index contributed by atoms with van der Waals surface area (Å²) in [6.45, 7) is 1.35. The summed E-state index contributed by atoms with van der Waals surface area (Å²) in [5, 5.41) is 13.9. The highest BCUT2D eigenvalue weighted by atomic mass is 127. The summed E-state index contributed by atoms with van der Waals surface area (Å²) in [7, 11) is 1.45. The molecule has 0 aliphatic carbocycles. The van der Waals surface area contributed by atoms with Crippen LogP contribution in [0.15, 0.2) is 30.3 Å². The lowest BCUT2D eigenvalue weighted by molar-refractivity contribution is -0.385. The Morgan fingerprint density at radius 3 is 2.60 bits per heavy atom. The molecule has 2 aromatic carbocycles. The maximum absolute atomic E-state index is 11.3. The molecule has 0 aromatic heterocycles. The van der Waals surface area contributed by atoms with Gasteiger partial charge < -0.3 is 14.8 Å². The third kappa shape index (κ3) is 4.44. The molecule has 0 aliphatic rings. The number of carbonyl (C=O) groups is 2. The Balaban J connectivity index is 2.47. The van der Waals surface area contributed by atoms with Gasteiger partial charge in [0.05, 0.1) is 21.3 Å². The minimum Gasteiger partial charge on any atom is -0.495 e. The summed E-state index contributed by atoms with van der Waals surface area (Å²) < 4.78 is 11.2. The van der Waals surface area contributed by atoms with Gasteiger partial charge in [-0.15, -0.1) is 0 Å². The van der Waals surface area contributed by atoms with Crippen molar-refractivity contribution in [2.24, 2.45) is 0 Å². The number of aldehydes is 1. The molecular formula is C16H13IN2O6. The van der Waals surface area contributed by atoms with Crippen molar-refractivity contribution in [3.05, 3.63) is 49.6 Å². The molecule has 0 fully saturated rings. The van der Waals surface area contributed by atoms with Crippen LogP contribution in [0.2, 0.25) is 0 Å². The molecule has 2 aromatic rings. The van der Waals surface area contributed by atoms with Crippen LogP contribution in [0.25, 0.3) is 0 Å². The van der Waals surface area contributed by atoms with Crippen LogP contribution >= 0.6 is 22.6 Å². The third-order valence-electron chi connectivity index (χ3n) is 3.08. The maximum atomic E-state index is 11.3. The number of nitrogens with one attached hydrogen (secondary N) is 1. The molecular weight excluding hydrogens is 443 g/mol. The first-order valence-corrected chi connectivity index (χ1v) is 8.00. The molecule has 1 N–H and O–H groups in total. The fourth-order valence-electron chi connectivity index (χ4n) is 2.06. The van der Waals surface area contributed by atoms with E-state index in [0.29, 0.717) is 21.3 Å². The Labute approximate surface area is 156 Å². The standard InChI is InChI=1S/C16H13IN2O6/c1-9(21)18-13-7-11(3-4-15(13)24-2)25-16-12(17)5-10(8-20)6-14(16)19(22)23/h3-8H,1-2H3,(H,18,21). The average Bonchev–Trinajstić information content (AvgIpc) is 2.55. The van der Waals surface area contributed by atoms with E-state index in [1.807, 2.05) is 22.6 Å². The molecule has 0 unspecified atom stereocenters. The Morgan fingerprint density at radius 1 is 1.32 bits per heavy atom. The second-order valence-corrected chi connectivity index (χ2v) is 6.03. The van der Waals surface area contributed by atoms with E-state index in [1.54, 1.807) is 12.1 Å². The Hall–Kier alpha value is -2.69. The van der Waals surface area contributed by atoms with E-state index in [0.717, 1.165) is 6.07 Å². The third-order valence-corrected chi connectivity index (χ3v) is 3.88. The number of nitro groups is 1. The number of amides is 1. The zero-order valence-corrected chi connectivity index (χ0v) is 15.4. The number of hydrogen-bond acceptors (Lipinski definition) is 6. The fraction of sp³-hybridized carbons (Fsp3) is 0.125. The number of benzene rings is 2. The van der Waals surface area contributed by atoms with Crippen LogP contribution in [0, 0.1) is 13.7 Å². The Morgan fingerprint density at radius 2 is 2.04 bits per heavy atom. The van der Waals surface area contributed by atoms with Crippen LogP contribution in [0.4, 0.5) is 11.4 Å². The molecule has 25 heavy (non-hydrogen) atoms. The monoisotopic (exact) mass is 456 g/mol. The van der Waals surface area contributed by atoms with E-state index < -0.39 is 4.92 Å². The summed E-state index contributed by atoms with van der Waals surface area (Å²) in [5.41, 5.74) is 0.220. The van der Waals surface area contributed by atoms with Crippen molar-refractivity contribution in [1.29, 1.82) is 0 Å². The summed E-state index contributed by atoms with van der Waals surface area (Å²) in [5.74, 6) is 0.397. The van der Waals surface area contributed by atoms with E-state index >= 15 is 0 Å². The van der Waals surface area contributed by atoms with Gasteiger partial charge in [-0.05, 0) is 40.8 Å². The number of carbonyl (C=O) groups excluding carboxylic acids is 2. The molecule has 9 heteroatoms. The van der Waals surface area contributed by atoms with Crippen molar-refractivity contribution in [3.63, 3.8) is 0 Å². The number of methoxy groups -OCH3 is 1. The molecule has 1 amide bonds. The van der Waals surface area contributed by atoms with Crippen LogP contribution in [-0.2, 0) is 4.79 Å². The molecule has 0 heterocycles. The highest BCUT2D eigenvalue weighted by Crippen LogP contribution is 2.38. The van der Waals surface area contributed by atoms with E-state index in [4.69, 9.17) is 9.47 Å². The Bertz CT molecular complexity index is 853. The lowest BCUT2D eigenvalue weighted by Crippen LogP contribution is -2.07. The lowest BCUT2D eigenvalue weighted by atomic mass is 10.2. The summed E-state index contributed by atoms with van der Waals surface area (Å²) in [6.07, 6.45) is 0.529. The minimum absolute atomic E-state index is 0.00939. The van der Waals surface area contributed by atoms with Gasteiger partial charge in [0.15, 0.2) is 0 Å². The normalized spacial score (nSPS) is 10.0. The molecule has 130 valence electrons. The highest BCUT2D eigenvalue weighted by molar-refractivity contribution is 14.1. The number of halogens is 1. The van der Waals surface area contributed by atoms with Crippen molar-refractivity contribution < 1.29 is 24.0 Å². The molecule has 2 rings (SSSR count). The number of nitrogens with zero attached hydrogens (tertiary/aromatic N) is 1. The fourth-order valence-corrected chi connectivity index (χ4v) is 2.81. The van der Waals surface area contributed by atoms with Crippen molar-refractivity contribution in [3.8, 4) is 17.2 Å². The van der Waals surface area contributed by atoms with E-state index in [-0.39, 0.29) is 28.7 Å². The first-order valence-electron chi connectivity index (χ1n) is 6.92. The quantitative estimate of drug-likeness (QED) is 0.307. The van der Waals surface area contributed by atoms with Crippen molar-refractivity contribution in [1.82, 2.24) is 0 Å². The van der Waals surface area contributed by atoms with Gasteiger partial charge in [-0.1, -0.05) is 0 Å². The minimum atomic E-state index is -0.622. The zero-order valence-electron chi connectivity index (χ0n) is 13.2. The van der Waals surface area contributed by atoms with Gasteiger partial charge in [0.1, 0.15) is 17.8 Å². The molecule has 0 atom stereocenters. The van der Waals surface area contributed by atoms with Gasteiger partial charge in [0.25, 0.3) is 0 Å². The smallest absolute Gasteiger partial charge is 0.313 e. The SMILES string of the molecule is COc1ccc(Oc2c(I)cc(C=O)cc2[N+](=O)[O-])cc1NC(C)=O. The van der Waals surface area contributed by atoms with Crippen LogP contribution in [0.5, 0.6) is 17.2 Å². The van der Waals surface area contributed by atoms with Crippen molar-refractivity contribution in [2.45, 2.75) is 6.92 Å². The molecule has 0 radical (unpaired) electrons. The second-order valence-electron chi connectivity index (χ2n) is 4.87. The average molecular weight is 456 g/mol. The largest absolute Gasteiger partial charge is 0.495 e. The lowest BCUT2D eigenvalue weighted by Gasteiger charge is -2.13. The van der Waals surface area contributed by atoms with Gasteiger partial charge >= 0.3 is 5.69 Å². The van der Waals surface area contributed by atoms with Crippen molar-refractivity contribution >= 4 is 46.2 Å². The number of anilines is 1. The number of hydrogen-bond donors (Lipinski definition) is 1. The first kappa shape index (κ1) is 18.6. The van der Waals surface area contributed by atoms with E-state index in [1.165, 1.54) is 26.2 Å². The van der Waals surface area contributed by atoms with Crippen LogP contribution in [-0.4, -0.2) is 24.2 Å². The van der Waals surface area contributed by atoms with E-state index in [9.17, 15) is 19.7 Å². The van der Waals surface area contributed by atoms with Gasteiger partial charge in [0.2, 0.25) is 11.7 Å². The van der Waals surface area contributed by atoms with Gasteiger partial charge in [0, 0.05) is 24.6 Å². The summed E-state index contributed by atoms with van der Waals surface area (Å²) >= 11 is 1.85. The van der Waals surface area contributed by atoms with Gasteiger partial charge in [-0.3, -0.25) is 19.7 Å². The molecule has 0 saturated heterocycles. The molecule has 0 bridgehead atoms. The molecule has 8 nitrogen and oxygen atoms in total. The van der Waals surface area contributed by atoms with Crippen LogP contribution in [0.3, 0.4) is 0 Å². The number of rotatable bonds is 6. The van der Waals surface area contributed by atoms with Gasteiger partial charge in [-0.25, -0.2) is 0 Å². The summed E-state index contributed by atoms with van der Waals surface area (Å²) in [4.78, 5) is 32.8. The molecule has 0 spiro atoms. The second kappa shape index (κ2) is 7.92. The number of ether oxygens (including phenoxy) is 2. The van der Waals surface area contributed by atoms with Crippen LogP contribution < -0.4 is 14.8 Å². The molecule has 0 aliphatic heterocycles. The topological polar surface area (TPSA) is 108 Å². The maximum Gasteiger partial charge on any atom is 0.313 e. The predicted molar refractivity (Wildman–Crippen MR) is 98.6 cm³/mol. The Kier molecular flexibility index (Phi) is 5.91. The van der Waals surface area contributed by atoms with Crippen LogP contribution in [0.1, 0.15) is 17.3 Å². The first-order chi connectivity index (χ1) is 11.8. The number of nitro benzene ring substituents is 1. The van der Waals surface area contributed by atoms with E-state index in [2.05, 4.69) is 5.32 Å². The van der Waals surface area contributed by atoms with Crippen molar-refractivity contribution in [2.75, 3.05) is 12.4 Å². The predicted octanol–water partition coefficient (Wildman–Crippen LogP) is 3.77. The zero-order chi connectivity index (χ0) is 18.6.